The summed E-state index contributed by atoms with van der Waals surface area (Å²) in [5.41, 5.74) is 0.437. The molecule has 3 rings (SSSR count). The van der Waals surface area contributed by atoms with Crippen LogP contribution in [0.15, 0.2) is 39.9 Å². The molecule has 3 aromatic rings. The van der Waals surface area contributed by atoms with Gasteiger partial charge in [0.25, 0.3) is 0 Å². The average Bonchev–Trinajstić information content (AvgIpc) is 2.97. The fourth-order valence-electron chi connectivity index (χ4n) is 2.43. The largest absolute Gasteiger partial charge is 0.395 e. The highest BCUT2D eigenvalue weighted by atomic mass is 16.3. The van der Waals surface area contributed by atoms with Crippen molar-refractivity contribution in [3.63, 3.8) is 0 Å². The van der Waals surface area contributed by atoms with Gasteiger partial charge in [-0.2, -0.15) is 4.98 Å². The number of aryl methyl sites for hydroxylation is 1. The number of aliphatic hydroxyl groups excluding tert-OH is 1. The number of fused-ring (bicyclic) bond motifs is 1. The Balaban J connectivity index is 2.03. The molecule has 0 aliphatic heterocycles. The molecule has 0 bridgehead atoms. The van der Waals surface area contributed by atoms with Gasteiger partial charge in [0.05, 0.1) is 6.61 Å². The fraction of sp³-hybridized carbons (Fsp3) is 0.267. The summed E-state index contributed by atoms with van der Waals surface area (Å²) in [6.45, 7) is 0.867. The number of benzene rings is 1. The Kier molecular flexibility index (Phi) is 3.98. The number of nitrogens with one attached hydrogen (secondary N) is 2. The zero-order chi connectivity index (χ0) is 16.4. The molecule has 0 aliphatic carbocycles. The minimum atomic E-state index is -0.702. The summed E-state index contributed by atoms with van der Waals surface area (Å²) in [7, 11) is 1.50. The second-order valence-electron chi connectivity index (χ2n) is 5.21. The molecule has 0 radical (unpaired) electrons. The van der Waals surface area contributed by atoms with Crippen LogP contribution >= 0.6 is 0 Å². The normalized spacial score (nSPS) is 11.0. The Morgan fingerprint density at radius 2 is 1.96 bits per heavy atom. The lowest BCUT2D eigenvalue weighted by atomic mass is 10.2. The molecule has 8 heteroatoms. The Morgan fingerprint density at radius 1 is 1.22 bits per heavy atom. The van der Waals surface area contributed by atoms with Crippen LogP contribution in [-0.2, 0) is 13.6 Å². The van der Waals surface area contributed by atoms with Crippen LogP contribution in [0.1, 0.15) is 5.56 Å². The summed E-state index contributed by atoms with van der Waals surface area (Å²) in [5, 5.41) is 9.30. The van der Waals surface area contributed by atoms with Crippen molar-refractivity contribution in [1.29, 1.82) is 0 Å². The minimum Gasteiger partial charge on any atom is -0.395 e. The predicted molar refractivity (Wildman–Crippen MR) is 86.5 cm³/mol. The van der Waals surface area contributed by atoms with Crippen molar-refractivity contribution in [2.75, 3.05) is 18.1 Å². The molecular formula is C15H17N5O3. The molecule has 120 valence electrons. The summed E-state index contributed by atoms with van der Waals surface area (Å²) in [5.74, 6) is 0.481. The van der Waals surface area contributed by atoms with E-state index in [2.05, 4.69) is 15.0 Å². The standard InChI is InChI=1S/C15H17N5O3/c1-19-12-11(16-13(22)14(19)23)17-15(18-12)20(7-8-21)9-10-5-3-2-4-6-10/h2-6,21H,7-9H2,1H3,(H,16,22)(H,17,18). The molecule has 23 heavy (non-hydrogen) atoms. The highest BCUT2D eigenvalue weighted by molar-refractivity contribution is 5.69. The highest BCUT2D eigenvalue weighted by Crippen LogP contribution is 2.16. The van der Waals surface area contributed by atoms with E-state index in [0.717, 1.165) is 5.56 Å². The third kappa shape index (κ3) is 2.88. The molecule has 0 fully saturated rings. The molecule has 2 aromatic heterocycles. The maximum Gasteiger partial charge on any atom is 0.317 e. The second-order valence-corrected chi connectivity index (χ2v) is 5.21. The van der Waals surface area contributed by atoms with Gasteiger partial charge in [0.15, 0.2) is 11.3 Å². The summed E-state index contributed by atoms with van der Waals surface area (Å²) in [4.78, 5) is 35.0. The van der Waals surface area contributed by atoms with Crippen LogP contribution in [0.25, 0.3) is 11.3 Å². The topological polar surface area (TPSA) is 107 Å². The number of rotatable bonds is 5. The van der Waals surface area contributed by atoms with Gasteiger partial charge < -0.3 is 20.0 Å². The second kappa shape index (κ2) is 6.09. The van der Waals surface area contributed by atoms with Crippen molar-refractivity contribution in [3.05, 3.63) is 56.6 Å². The van der Waals surface area contributed by atoms with Crippen LogP contribution < -0.4 is 16.0 Å². The highest BCUT2D eigenvalue weighted by Gasteiger charge is 2.15. The monoisotopic (exact) mass is 315 g/mol. The van der Waals surface area contributed by atoms with E-state index in [9.17, 15) is 14.7 Å². The van der Waals surface area contributed by atoms with E-state index in [1.807, 2.05) is 35.2 Å². The number of imidazole rings is 1. The first-order chi connectivity index (χ1) is 11.1. The molecule has 0 unspecified atom stereocenters. The number of H-pyrrole nitrogens is 2. The molecule has 1 aromatic carbocycles. The van der Waals surface area contributed by atoms with E-state index in [1.165, 1.54) is 11.6 Å². The number of hydrogen-bond donors (Lipinski definition) is 3. The first-order valence-corrected chi connectivity index (χ1v) is 7.19. The lowest BCUT2D eigenvalue weighted by Gasteiger charge is -2.20. The summed E-state index contributed by atoms with van der Waals surface area (Å²) < 4.78 is 1.20. The molecule has 2 heterocycles. The van der Waals surface area contributed by atoms with E-state index in [0.29, 0.717) is 30.3 Å². The van der Waals surface area contributed by atoms with Crippen LogP contribution in [0.3, 0.4) is 0 Å². The number of hydrogen-bond acceptors (Lipinski definition) is 5. The van der Waals surface area contributed by atoms with Crippen LogP contribution in [0.2, 0.25) is 0 Å². The van der Waals surface area contributed by atoms with Crippen molar-refractivity contribution in [2.45, 2.75) is 6.54 Å². The lowest BCUT2D eigenvalue weighted by Crippen LogP contribution is -2.34. The van der Waals surface area contributed by atoms with Crippen molar-refractivity contribution in [3.8, 4) is 0 Å². The fourth-order valence-corrected chi connectivity index (χ4v) is 2.43. The van der Waals surface area contributed by atoms with E-state index in [4.69, 9.17) is 0 Å². The third-order valence-electron chi connectivity index (χ3n) is 3.61. The van der Waals surface area contributed by atoms with Gasteiger partial charge in [-0.3, -0.25) is 14.2 Å². The Hall–Kier alpha value is -2.87. The first kappa shape index (κ1) is 15.0. The number of anilines is 1. The SMILES string of the molecule is Cn1c(=O)c(=O)[nH]c2[nH]c(N(CCO)Cc3ccccc3)nc21. The number of aliphatic hydroxyl groups is 1. The van der Waals surface area contributed by atoms with Gasteiger partial charge in [0, 0.05) is 20.1 Å². The van der Waals surface area contributed by atoms with Crippen LogP contribution in [0, 0.1) is 0 Å². The van der Waals surface area contributed by atoms with Gasteiger partial charge in [-0.05, 0) is 5.56 Å². The van der Waals surface area contributed by atoms with Crippen LogP contribution in [0.5, 0.6) is 0 Å². The maximum absolute atomic E-state index is 11.7. The summed E-state index contributed by atoms with van der Waals surface area (Å²) >= 11 is 0. The molecule has 0 saturated heterocycles. The minimum absolute atomic E-state index is 0.0423. The molecule has 0 amide bonds. The van der Waals surface area contributed by atoms with Crippen LogP contribution in [0.4, 0.5) is 5.95 Å². The van der Waals surface area contributed by atoms with Gasteiger partial charge in [-0.1, -0.05) is 30.3 Å². The Bertz CT molecular complexity index is 926. The molecule has 0 saturated carbocycles. The van der Waals surface area contributed by atoms with Gasteiger partial charge >= 0.3 is 11.1 Å². The van der Waals surface area contributed by atoms with Gasteiger partial charge in [0.2, 0.25) is 5.95 Å². The molecule has 0 spiro atoms. The van der Waals surface area contributed by atoms with E-state index >= 15 is 0 Å². The maximum atomic E-state index is 11.7. The number of aromatic nitrogens is 4. The van der Waals surface area contributed by atoms with Crippen molar-refractivity contribution < 1.29 is 5.11 Å². The van der Waals surface area contributed by atoms with E-state index in [-0.39, 0.29) is 6.61 Å². The molecule has 8 nitrogen and oxygen atoms in total. The average molecular weight is 315 g/mol. The zero-order valence-corrected chi connectivity index (χ0v) is 12.6. The van der Waals surface area contributed by atoms with Crippen molar-refractivity contribution in [2.24, 2.45) is 7.05 Å². The van der Waals surface area contributed by atoms with Gasteiger partial charge in [-0.25, -0.2) is 0 Å². The Labute approximate surface area is 131 Å². The van der Waals surface area contributed by atoms with Crippen molar-refractivity contribution >= 4 is 17.2 Å². The quantitative estimate of drug-likeness (QED) is 0.572. The molecule has 0 atom stereocenters. The van der Waals surface area contributed by atoms with E-state index in [1.54, 1.807) is 0 Å². The lowest BCUT2D eigenvalue weighted by molar-refractivity contribution is 0.301. The van der Waals surface area contributed by atoms with Gasteiger partial charge in [-0.15, -0.1) is 0 Å². The molecule has 0 aliphatic rings. The molecule has 3 N–H and O–H groups in total. The van der Waals surface area contributed by atoms with Gasteiger partial charge in [0.1, 0.15) is 0 Å². The van der Waals surface area contributed by atoms with Crippen molar-refractivity contribution in [1.82, 2.24) is 19.5 Å². The van der Waals surface area contributed by atoms with E-state index < -0.39 is 11.1 Å². The van der Waals surface area contributed by atoms with Crippen LogP contribution in [-0.4, -0.2) is 37.8 Å². The number of nitrogens with zero attached hydrogens (tertiary/aromatic N) is 3. The number of aromatic amines is 2. The predicted octanol–water partition coefficient (Wildman–Crippen LogP) is -0.0512. The summed E-state index contributed by atoms with van der Waals surface area (Å²) in [6, 6.07) is 9.76. The smallest absolute Gasteiger partial charge is 0.317 e. The summed E-state index contributed by atoms with van der Waals surface area (Å²) in [6.07, 6.45) is 0. The zero-order valence-electron chi connectivity index (χ0n) is 12.6. The first-order valence-electron chi connectivity index (χ1n) is 7.19. The third-order valence-corrected chi connectivity index (χ3v) is 3.61. The Morgan fingerprint density at radius 3 is 2.65 bits per heavy atom. The molecular weight excluding hydrogens is 298 g/mol.